The number of amides is 1. The van der Waals surface area contributed by atoms with E-state index in [4.69, 9.17) is 10.1 Å². The Morgan fingerprint density at radius 2 is 1.77 bits per heavy atom. The molecule has 1 N–H and O–H groups in total. The number of hydrazone groups is 1. The normalized spacial score (nSPS) is 17.5. The van der Waals surface area contributed by atoms with Crippen LogP contribution in [0.3, 0.4) is 0 Å². The fraction of sp³-hybridized carbons (Fsp3) is 0.100. The number of fused-ring (bicyclic) bond motifs is 1. The maximum Gasteiger partial charge on any atom is 0.441 e. The fourth-order valence-corrected chi connectivity index (χ4v) is 3.44. The number of nitrogens with zero attached hydrogens (tertiary/aromatic N) is 3. The summed E-state index contributed by atoms with van der Waals surface area (Å²) in [6.07, 6.45) is -3.35. The van der Waals surface area contributed by atoms with E-state index < -0.39 is 23.0 Å². The van der Waals surface area contributed by atoms with Gasteiger partial charge in [-0.2, -0.15) is 28.3 Å². The molecule has 158 valence electrons. The number of aliphatic imine (C=N–C) groups is 1. The van der Waals surface area contributed by atoms with E-state index in [-0.39, 0.29) is 34.9 Å². The second kappa shape index (κ2) is 7.99. The Bertz CT molecular complexity index is 1140. The zero-order valence-electron chi connectivity index (χ0n) is 15.5. The molecule has 2 aromatic rings. The van der Waals surface area contributed by atoms with Crippen molar-refractivity contribution in [2.75, 3.05) is 0 Å². The minimum atomic E-state index is -4.69. The third-order valence-corrected chi connectivity index (χ3v) is 5.16. The molecule has 0 aromatic heterocycles. The van der Waals surface area contributed by atoms with Gasteiger partial charge in [-0.15, -0.1) is 0 Å². The minimum absolute atomic E-state index is 0.184. The average Bonchev–Trinajstić information content (AvgIpc) is 3.16. The van der Waals surface area contributed by atoms with Crippen molar-refractivity contribution in [3.63, 3.8) is 0 Å². The molecule has 0 unspecified atom stereocenters. The van der Waals surface area contributed by atoms with E-state index in [1.54, 1.807) is 36.4 Å². The molecule has 4 rings (SSSR count). The monoisotopic (exact) mass is 448 g/mol. The minimum Gasteiger partial charge on any atom is -0.489 e. The molecule has 11 heteroatoms. The van der Waals surface area contributed by atoms with Crippen LogP contribution in [-0.2, 0) is 11.4 Å². The van der Waals surface area contributed by atoms with Crippen LogP contribution in [0.2, 0.25) is 0 Å². The average molecular weight is 448 g/mol. The number of hydrogen-bond acceptors (Lipinski definition) is 5. The first kappa shape index (κ1) is 20.8. The molecule has 2 aliphatic rings. The van der Waals surface area contributed by atoms with Crippen LogP contribution >= 0.6 is 11.8 Å². The third-order valence-electron chi connectivity index (χ3n) is 4.21. The van der Waals surface area contributed by atoms with Gasteiger partial charge >= 0.3 is 6.18 Å². The SMILES string of the molecule is N=C1/C(=C/c2ccc(OCc3ccc(F)cc3)cc2)C(=O)N=C2SC(C(F)(F)F)=NN12. The van der Waals surface area contributed by atoms with Crippen LogP contribution < -0.4 is 4.74 Å². The highest BCUT2D eigenvalue weighted by molar-refractivity contribution is 8.27. The standard InChI is InChI=1S/C20H12F4N4O2S/c21-13-5-1-12(2-6-13)10-30-14-7-3-11(4-8-14)9-15-16(25)28-19(26-17(15)29)31-18(27-28)20(22,23)24/h1-9,25H,10H2/b15-9-,25-16?. The van der Waals surface area contributed by atoms with Gasteiger partial charge in [0, 0.05) is 0 Å². The summed E-state index contributed by atoms with van der Waals surface area (Å²) < 4.78 is 57.1. The van der Waals surface area contributed by atoms with Gasteiger partial charge in [0.2, 0.25) is 10.2 Å². The van der Waals surface area contributed by atoms with Crippen LogP contribution in [0.15, 0.2) is 64.2 Å². The molecule has 0 bridgehead atoms. The first-order valence-electron chi connectivity index (χ1n) is 8.75. The molecule has 1 amide bonds. The van der Waals surface area contributed by atoms with Crippen molar-refractivity contribution in [3.05, 3.63) is 71.0 Å². The van der Waals surface area contributed by atoms with Gasteiger partial charge in [-0.3, -0.25) is 10.2 Å². The smallest absolute Gasteiger partial charge is 0.441 e. The highest BCUT2D eigenvalue weighted by Gasteiger charge is 2.46. The lowest BCUT2D eigenvalue weighted by Gasteiger charge is -2.20. The van der Waals surface area contributed by atoms with Gasteiger partial charge in [0.05, 0.1) is 5.57 Å². The molecule has 0 aliphatic carbocycles. The van der Waals surface area contributed by atoms with Crippen molar-refractivity contribution in [1.29, 1.82) is 5.41 Å². The van der Waals surface area contributed by atoms with Gasteiger partial charge in [0.1, 0.15) is 18.2 Å². The van der Waals surface area contributed by atoms with E-state index in [9.17, 15) is 22.4 Å². The lowest BCUT2D eigenvalue weighted by Crippen LogP contribution is -2.35. The molecule has 2 aromatic carbocycles. The van der Waals surface area contributed by atoms with E-state index in [0.29, 0.717) is 16.3 Å². The second-order valence-electron chi connectivity index (χ2n) is 6.41. The molecule has 0 saturated carbocycles. The molecule has 2 heterocycles. The summed E-state index contributed by atoms with van der Waals surface area (Å²) in [5.41, 5.74) is 1.12. The fourth-order valence-electron chi connectivity index (χ4n) is 2.68. The number of rotatable bonds is 4. The van der Waals surface area contributed by atoms with Crippen LogP contribution in [0.5, 0.6) is 5.75 Å². The van der Waals surface area contributed by atoms with Crippen LogP contribution in [0.25, 0.3) is 6.08 Å². The molecule has 2 aliphatic heterocycles. The zero-order chi connectivity index (χ0) is 22.2. The molecule has 0 radical (unpaired) electrons. The molecular formula is C20H12F4N4O2S. The van der Waals surface area contributed by atoms with E-state index in [1.165, 1.54) is 18.2 Å². The lowest BCUT2D eigenvalue weighted by molar-refractivity contribution is -0.114. The number of carbonyl (C=O) groups is 1. The number of carbonyl (C=O) groups excluding carboxylic acids is 1. The number of halogens is 4. The number of benzene rings is 2. The topological polar surface area (TPSA) is 78.1 Å². The summed E-state index contributed by atoms with van der Waals surface area (Å²) in [5.74, 6) is -1.13. The van der Waals surface area contributed by atoms with Crippen molar-refractivity contribution in [1.82, 2.24) is 5.01 Å². The quantitative estimate of drug-likeness (QED) is 0.549. The summed E-state index contributed by atoms with van der Waals surface area (Å²) in [5, 5.41) is 10.6. The molecule has 0 saturated heterocycles. The van der Waals surface area contributed by atoms with Gasteiger partial charge in [-0.05, 0) is 53.2 Å². The predicted octanol–water partition coefficient (Wildman–Crippen LogP) is 4.59. The Hall–Kier alpha value is -3.47. The van der Waals surface area contributed by atoms with Crippen LogP contribution in [0.4, 0.5) is 17.6 Å². The van der Waals surface area contributed by atoms with Crippen LogP contribution in [0, 0.1) is 11.2 Å². The molecule has 31 heavy (non-hydrogen) atoms. The second-order valence-corrected chi connectivity index (χ2v) is 7.36. The number of hydrogen-bond donors (Lipinski definition) is 1. The number of thioether (sulfide) groups is 1. The number of ether oxygens (including phenoxy) is 1. The van der Waals surface area contributed by atoms with Crippen molar-refractivity contribution in [2.45, 2.75) is 12.8 Å². The molecule has 0 spiro atoms. The molecule has 0 atom stereocenters. The summed E-state index contributed by atoms with van der Waals surface area (Å²) in [6.45, 7) is 0.230. The van der Waals surface area contributed by atoms with E-state index in [1.807, 2.05) is 0 Å². The number of amidine groups is 2. The molecule has 0 fully saturated rings. The predicted molar refractivity (Wildman–Crippen MR) is 108 cm³/mol. The number of nitrogens with one attached hydrogen (secondary N) is 1. The maximum absolute atomic E-state index is 12.9. The summed E-state index contributed by atoms with van der Waals surface area (Å²) >= 11 is 0.198. The Morgan fingerprint density at radius 1 is 1.10 bits per heavy atom. The summed E-state index contributed by atoms with van der Waals surface area (Å²) in [7, 11) is 0. The summed E-state index contributed by atoms with van der Waals surface area (Å²) in [4.78, 5) is 15.9. The van der Waals surface area contributed by atoms with E-state index in [0.717, 1.165) is 5.56 Å². The third kappa shape index (κ3) is 4.50. The van der Waals surface area contributed by atoms with E-state index in [2.05, 4.69) is 10.1 Å². The first-order chi connectivity index (χ1) is 14.7. The largest absolute Gasteiger partial charge is 0.489 e. The van der Waals surface area contributed by atoms with Crippen LogP contribution in [0.1, 0.15) is 11.1 Å². The van der Waals surface area contributed by atoms with Crippen molar-refractivity contribution in [3.8, 4) is 5.75 Å². The highest BCUT2D eigenvalue weighted by atomic mass is 32.2. The first-order valence-corrected chi connectivity index (χ1v) is 9.57. The van der Waals surface area contributed by atoms with Gasteiger partial charge in [0.25, 0.3) is 5.91 Å². The Balaban J connectivity index is 1.48. The highest BCUT2D eigenvalue weighted by Crippen LogP contribution is 2.35. The zero-order valence-corrected chi connectivity index (χ0v) is 16.3. The van der Waals surface area contributed by atoms with Crippen LogP contribution in [-0.4, -0.2) is 33.1 Å². The van der Waals surface area contributed by atoms with Crippen molar-refractivity contribution in [2.24, 2.45) is 10.1 Å². The molecule has 6 nitrogen and oxygen atoms in total. The van der Waals surface area contributed by atoms with Crippen molar-refractivity contribution < 1.29 is 27.1 Å². The van der Waals surface area contributed by atoms with Gasteiger partial charge in [0.15, 0.2) is 5.84 Å². The van der Waals surface area contributed by atoms with E-state index >= 15 is 0 Å². The van der Waals surface area contributed by atoms with Gasteiger partial charge < -0.3 is 4.74 Å². The summed E-state index contributed by atoms with van der Waals surface area (Å²) in [6, 6.07) is 12.4. The van der Waals surface area contributed by atoms with Gasteiger partial charge in [-0.25, -0.2) is 4.39 Å². The number of alkyl halides is 3. The Morgan fingerprint density at radius 3 is 2.42 bits per heavy atom. The maximum atomic E-state index is 12.9. The Labute approximate surface area is 177 Å². The Kier molecular flexibility index (Phi) is 5.36. The van der Waals surface area contributed by atoms with Gasteiger partial charge in [-0.1, -0.05) is 24.3 Å². The molecular weight excluding hydrogens is 436 g/mol. The van der Waals surface area contributed by atoms with Crippen molar-refractivity contribution >= 4 is 39.8 Å². The lowest BCUT2D eigenvalue weighted by atomic mass is 10.1.